The third kappa shape index (κ3) is 4.58. The molecular weight excluding hydrogens is 282 g/mol. The van der Waals surface area contributed by atoms with E-state index in [-0.39, 0.29) is 0 Å². The van der Waals surface area contributed by atoms with Gasteiger partial charge < -0.3 is 5.32 Å². The number of benzene rings is 1. The van der Waals surface area contributed by atoms with E-state index >= 15 is 0 Å². The molecule has 0 aliphatic rings. The maximum Gasteiger partial charge on any atom is 0.0640 e. The zero-order valence-corrected chi connectivity index (χ0v) is 13.8. The average molecular weight is 306 g/mol. The molecule has 21 heavy (non-hydrogen) atoms. The minimum Gasteiger partial charge on any atom is -0.316 e. The molecule has 0 amide bonds. The van der Waals surface area contributed by atoms with Crippen LogP contribution in [0.3, 0.4) is 0 Å². The summed E-state index contributed by atoms with van der Waals surface area (Å²) in [5.74, 6) is 0. The summed E-state index contributed by atoms with van der Waals surface area (Å²) < 4.78 is 2.06. The first-order chi connectivity index (χ1) is 10.1. The van der Waals surface area contributed by atoms with Gasteiger partial charge in [-0.05, 0) is 50.6 Å². The molecule has 2 rings (SSSR count). The van der Waals surface area contributed by atoms with Gasteiger partial charge in [0, 0.05) is 29.7 Å². The lowest BCUT2D eigenvalue weighted by atomic mass is 10.0. The Morgan fingerprint density at radius 3 is 2.52 bits per heavy atom. The van der Waals surface area contributed by atoms with Crippen molar-refractivity contribution in [3.63, 3.8) is 0 Å². The van der Waals surface area contributed by atoms with Crippen LogP contribution >= 0.6 is 11.6 Å². The van der Waals surface area contributed by atoms with Crippen LogP contribution in [0, 0.1) is 0 Å². The molecule has 4 heteroatoms. The molecule has 0 radical (unpaired) electrons. The summed E-state index contributed by atoms with van der Waals surface area (Å²) in [6.07, 6.45) is 5.09. The summed E-state index contributed by atoms with van der Waals surface area (Å²) in [5, 5.41) is 8.85. The Balaban J connectivity index is 1.98. The lowest BCUT2D eigenvalue weighted by Gasteiger charge is -2.15. The molecule has 1 aromatic heterocycles. The van der Waals surface area contributed by atoms with Gasteiger partial charge >= 0.3 is 0 Å². The van der Waals surface area contributed by atoms with E-state index in [4.69, 9.17) is 11.6 Å². The molecular formula is C17H24ClN3. The molecule has 1 N–H and O–H groups in total. The average Bonchev–Trinajstić information content (AvgIpc) is 2.96. The number of halogens is 1. The van der Waals surface area contributed by atoms with Gasteiger partial charge in [0.2, 0.25) is 0 Å². The van der Waals surface area contributed by atoms with Crippen molar-refractivity contribution in [3.05, 3.63) is 52.8 Å². The predicted octanol–water partition coefficient (Wildman–Crippen LogP) is 3.88. The molecule has 2 aromatic rings. The SMILES string of the molecule is CCC(C)n1ccc(CC(Cc2ccc(Cl)cc2)NC)n1. The topological polar surface area (TPSA) is 29.9 Å². The minimum absolute atomic E-state index is 0.381. The summed E-state index contributed by atoms with van der Waals surface area (Å²) >= 11 is 5.93. The first kappa shape index (κ1) is 16.1. The lowest BCUT2D eigenvalue weighted by molar-refractivity contribution is 0.467. The van der Waals surface area contributed by atoms with Crippen LogP contribution in [0.1, 0.15) is 37.6 Å². The number of hydrogen-bond acceptors (Lipinski definition) is 2. The van der Waals surface area contributed by atoms with Gasteiger partial charge in [-0.15, -0.1) is 0 Å². The highest BCUT2D eigenvalue weighted by atomic mass is 35.5. The van der Waals surface area contributed by atoms with Crippen LogP contribution in [0.25, 0.3) is 0 Å². The Morgan fingerprint density at radius 2 is 1.90 bits per heavy atom. The van der Waals surface area contributed by atoms with Crippen LogP contribution in [0.5, 0.6) is 0 Å². The normalized spacial score (nSPS) is 14.1. The van der Waals surface area contributed by atoms with E-state index in [0.717, 1.165) is 30.0 Å². The highest BCUT2D eigenvalue weighted by molar-refractivity contribution is 6.30. The van der Waals surface area contributed by atoms with Crippen LogP contribution in [-0.4, -0.2) is 22.9 Å². The Kier molecular flexibility index (Phi) is 5.83. The van der Waals surface area contributed by atoms with Crippen molar-refractivity contribution in [1.82, 2.24) is 15.1 Å². The van der Waals surface area contributed by atoms with Gasteiger partial charge in [0.25, 0.3) is 0 Å². The first-order valence-corrected chi connectivity index (χ1v) is 7.96. The fourth-order valence-electron chi connectivity index (χ4n) is 2.35. The van der Waals surface area contributed by atoms with Crippen molar-refractivity contribution in [3.8, 4) is 0 Å². The van der Waals surface area contributed by atoms with Gasteiger partial charge in [-0.1, -0.05) is 30.7 Å². The molecule has 0 fully saturated rings. The number of rotatable bonds is 7. The fraction of sp³-hybridized carbons (Fsp3) is 0.471. The van der Waals surface area contributed by atoms with E-state index in [1.807, 2.05) is 19.2 Å². The van der Waals surface area contributed by atoms with E-state index < -0.39 is 0 Å². The van der Waals surface area contributed by atoms with E-state index in [1.165, 1.54) is 5.56 Å². The Hall–Kier alpha value is -1.32. The molecule has 3 nitrogen and oxygen atoms in total. The zero-order chi connectivity index (χ0) is 15.2. The second-order valence-electron chi connectivity index (χ2n) is 5.56. The number of hydrogen-bond donors (Lipinski definition) is 1. The monoisotopic (exact) mass is 305 g/mol. The van der Waals surface area contributed by atoms with E-state index in [0.29, 0.717) is 12.1 Å². The Bertz CT molecular complexity index is 547. The van der Waals surface area contributed by atoms with E-state index in [1.54, 1.807) is 0 Å². The number of nitrogens with zero attached hydrogens (tertiary/aromatic N) is 2. The lowest BCUT2D eigenvalue weighted by Crippen LogP contribution is -2.30. The quantitative estimate of drug-likeness (QED) is 0.841. The molecule has 114 valence electrons. The van der Waals surface area contributed by atoms with E-state index in [9.17, 15) is 0 Å². The molecule has 0 aliphatic heterocycles. The van der Waals surface area contributed by atoms with Gasteiger partial charge in [0.1, 0.15) is 0 Å². The van der Waals surface area contributed by atoms with Gasteiger partial charge in [-0.25, -0.2) is 0 Å². The van der Waals surface area contributed by atoms with Crippen LogP contribution < -0.4 is 5.32 Å². The number of aromatic nitrogens is 2. The smallest absolute Gasteiger partial charge is 0.0640 e. The van der Waals surface area contributed by atoms with Gasteiger partial charge in [0.15, 0.2) is 0 Å². The largest absolute Gasteiger partial charge is 0.316 e. The molecule has 1 aromatic carbocycles. The summed E-state index contributed by atoms with van der Waals surface area (Å²) in [6.45, 7) is 4.38. The van der Waals surface area contributed by atoms with Crippen molar-refractivity contribution in [2.75, 3.05) is 7.05 Å². The number of nitrogens with one attached hydrogen (secondary N) is 1. The van der Waals surface area contributed by atoms with E-state index in [2.05, 4.69) is 53.3 Å². The van der Waals surface area contributed by atoms with Gasteiger partial charge in [-0.2, -0.15) is 5.10 Å². The Labute approximate surface area is 132 Å². The van der Waals surface area contributed by atoms with Crippen molar-refractivity contribution >= 4 is 11.6 Å². The highest BCUT2D eigenvalue weighted by Gasteiger charge is 2.12. The first-order valence-electron chi connectivity index (χ1n) is 7.58. The molecule has 0 bridgehead atoms. The van der Waals surface area contributed by atoms with Crippen molar-refractivity contribution in [2.45, 2.75) is 45.2 Å². The molecule has 1 heterocycles. The summed E-state index contributed by atoms with van der Waals surface area (Å²) in [5.41, 5.74) is 2.43. The van der Waals surface area contributed by atoms with Crippen LogP contribution in [-0.2, 0) is 12.8 Å². The molecule has 2 unspecified atom stereocenters. The van der Waals surface area contributed by atoms with Crippen molar-refractivity contribution in [2.24, 2.45) is 0 Å². The van der Waals surface area contributed by atoms with Crippen LogP contribution in [0.4, 0.5) is 0 Å². The maximum atomic E-state index is 5.93. The third-order valence-corrected chi connectivity index (χ3v) is 4.22. The minimum atomic E-state index is 0.381. The summed E-state index contributed by atoms with van der Waals surface area (Å²) in [6, 6.07) is 11.0. The molecule has 2 atom stereocenters. The summed E-state index contributed by atoms with van der Waals surface area (Å²) in [4.78, 5) is 0. The maximum absolute atomic E-state index is 5.93. The summed E-state index contributed by atoms with van der Waals surface area (Å²) in [7, 11) is 2.01. The predicted molar refractivity (Wildman–Crippen MR) is 88.9 cm³/mol. The van der Waals surface area contributed by atoms with Crippen LogP contribution in [0.15, 0.2) is 36.5 Å². The molecule has 0 aliphatic carbocycles. The second-order valence-corrected chi connectivity index (χ2v) is 6.00. The van der Waals surface area contributed by atoms with Gasteiger partial charge in [0.05, 0.1) is 5.69 Å². The van der Waals surface area contributed by atoms with Crippen LogP contribution in [0.2, 0.25) is 5.02 Å². The third-order valence-electron chi connectivity index (χ3n) is 3.97. The Morgan fingerprint density at radius 1 is 1.19 bits per heavy atom. The highest BCUT2D eigenvalue weighted by Crippen LogP contribution is 2.14. The van der Waals surface area contributed by atoms with Crippen molar-refractivity contribution < 1.29 is 0 Å². The second kappa shape index (κ2) is 7.62. The molecule has 0 spiro atoms. The molecule has 0 saturated carbocycles. The number of likely N-dealkylation sites (N-methyl/N-ethyl adjacent to an activating group) is 1. The van der Waals surface area contributed by atoms with Crippen molar-refractivity contribution in [1.29, 1.82) is 0 Å². The standard InChI is InChI=1S/C17H24ClN3/c1-4-13(2)21-10-9-16(20-21)12-17(19-3)11-14-5-7-15(18)8-6-14/h5-10,13,17,19H,4,11-12H2,1-3H3. The van der Waals surface area contributed by atoms with Gasteiger partial charge in [-0.3, -0.25) is 4.68 Å². The molecule has 0 saturated heterocycles. The fourth-order valence-corrected chi connectivity index (χ4v) is 2.48. The zero-order valence-electron chi connectivity index (χ0n) is 13.0.